The van der Waals surface area contributed by atoms with Crippen molar-refractivity contribution in [2.75, 3.05) is 39.3 Å². The highest BCUT2D eigenvalue weighted by Gasteiger charge is 2.10. The molecule has 15 heavy (non-hydrogen) atoms. The van der Waals surface area contributed by atoms with E-state index in [0.29, 0.717) is 12.3 Å². The second-order valence-electron chi connectivity index (χ2n) is 3.77. The number of carbonyl (C=O) groups is 1. The zero-order valence-corrected chi connectivity index (χ0v) is 9.21. The fourth-order valence-electron chi connectivity index (χ4n) is 1.49. The van der Waals surface area contributed by atoms with Crippen molar-refractivity contribution in [3.8, 4) is 0 Å². The smallest absolute Gasteiger partial charge is 0.311 e. The van der Waals surface area contributed by atoms with Crippen molar-refractivity contribution >= 4 is 11.7 Å². The van der Waals surface area contributed by atoms with E-state index in [4.69, 9.17) is 10.1 Å². The predicted octanol–water partition coefficient (Wildman–Crippen LogP) is -0.135. The van der Waals surface area contributed by atoms with Gasteiger partial charge in [-0.2, -0.15) is 0 Å². The van der Waals surface area contributed by atoms with E-state index in [1.165, 1.54) is 0 Å². The number of nitrogens with zero attached hydrogens (tertiary/aromatic N) is 1. The summed E-state index contributed by atoms with van der Waals surface area (Å²) in [4.78, 5) is 13.4. The van der Waals surface area contributed by atoms with Crippen molar-refractivity contribution in [1.29, 1.82) is 5.41 Å². The van der Waals surface area contributed by atoms with Crippen LogP contribution in [-0.2, 0) is 9.53 Å². The van der Waals surface area contributed by atoms with Crippen LogP contribution in [0.2, 0.25) is 0 Å². The number of hydrogen-bond donors (Lipinski definition) is 2. The molecule has 0 aromatic carbocycles. The van der Waals surface area contributed by atoms with Gasteiger partial charge in [-0.3, -0.25) is 9.69 Å². The molecule has 1 heterocycles. The van der Waals surface area contributed by atoms with Gasteiger partial charge in [-0.15, -0.1) is 0 Å². The standard InChI is InChI=1S/C10H19N3O2/c1-9(11)8-10(14)15-7-6-13-4-2-12-3-5-13/h11-12H,2-8H2,1H3. The maximum absolute atomic E-state index is 11.1. The molecule has 0 radical (unpaired) electrons. The number of carbonyl (C=O) groups excluding carboxylic acids is 1. The Morgan fingerprint density at radius 3 is 2.73 bits per heavy atom. The number of hydrogen-bond acceptors (Lipinski definition) is 5. The van der Waals surface area contributed by atoms with Gasteiger partial charge in [-0.05, 0) is 6.92 Å². The largest absolute Gasteiger partial charge is 0.464 e. The van der Waals surface area contributed by atoms with E-state index in [0.717, 1.165) is 32.7 Å². The third kappa shape index (κ3) is 5.49. The van der Waals surface area contributed by atoms with Gasteiger partial charge in [0, 0.05) is 38.4 Å². The van der Waals surface area contributed by atoms with E-state index < -0.39 is 0 Å². The highest BCUT2D eigenvalue weighted by molar-refractivity contribution is 5.95. The Morgan fingerprint density at radius 1 is 1.47 bits per heavy atom. The van der Waals surface area contributed by atoms with Gasteiger partial charge in [0.1, 0.15) is 6.61 Å². The minimum atomic E-state index is -0.294. The molecule has 0 aliphatic carbocycles. The first-order chi connectivity index (χ1) is 7.18. The quantitative estimate of drug-likeness (QED) is 0.493. The molecule has 0 aromatic heterocycles. The third-order valence-electron chi connectivity index (χ3n) is 2.29. The van der Waals surface area contributed by atoms with Crippen molar-refractivity contribution in [1.82, 2.24) is 10.2 Å². The minimum absolute atomic E-state index is 0.113. The van der Waals surface area contributed by atoms with Gasteiger partial charge in [-0.1, -0.05) is 0 Å². The topological polar surface area (TPSA) is 65.4 Å². The number of ether oxygens (including phenoxy) is 1. The van der Waals surface area contributed by atoms with Gasteiger partial charge in [0.25, 0.3) is 0 Å². The Balaban J connectivity index is 2.04. The van der Waals surface area contributed by atoms with Crippen LogP contribution < -0.4 is 5.32 Å². The zero-order valence-electron chi connectivity index (χ0n) is 9.21. The second-order valence-corrected chi connectivity index (χ2v) is 3.77. The average Bonchev–Trinajstić information content (AvgIpc) is 2.18. The molecular weight excluding hydrogens is 194 g/mol. The van der Waals surface area contributed by atoms with E-state index in [1.54, 1.807) is 6.92 Å². The molecule has 1 rings (SSSR count). The Bertz CT molecular complexity index is 225. The molecule has 86 valence electrons. The first-order valence-electron chi connectivity index (χ1n) is 5.31. The maximum Gasteiger partial charge on any atom is 0.311 e. The summed E-state index contributed by atoms with van der Waals surface area (Å²) >= 11 is 0. The number of rotatable bonds is 5. The summed E-state index contributed by atoms with van der Waals surface area (Å²) in [6.45, 7) is 6.89. The molecule has 1 aliphatic rings. The molecule has 1 saturated heterocycles. The van der Waals surface area contributed by atoms with E-state index in [1.807, 2.05) is 0 Å². The zero-order chi connectivity index (χ0) is 11.1. The van der Waals surface area contributed by atoms with Crippen LogP contribution >= 0.6 is 0 Å². The SMILES string of the molecule is CC(=N)CC(=O)OCCN1CCNCC1. The van der Waals surface area contributed by atoms with Crippen molar-refractivity contribution < 1.29 is 9.53 Å². The van der Waals surface area contributed by atoms with Crippen molar-refractivity contribution in [2.45, 2.75) is 13.3 Å². The fourth-order valence-corrected chi connectivity index (χ4v) is 1.49. The predicted molar refractivity (Wildman–Crippen MR) is 58.3 cm³/mol. The summed E-state index contributed by atoms with van der Waals surface area (Å²) < 4.78 is 5.01. The number of esters is 1. The lowest BCUT2D eigenvalue weighted by Crippen LogP contribution is -2.44. The fraction of sp³-hybridized carbons (Fsp3) is 0.800. The molecule has 5 nitrogen and oxygen atoms in total. The normalized spacial score (nSPS) is 17.4. The molecule has 0 bridgehead atoms. The molecular formula is C10H19N3O2. The monoisotopic (exact) mass is 213 g/mol. The molecule has 0 atom stereocenters. The van der Waals surface area contributed by atoms with Crippen LogP contribution in [0.15, 0.2) is 0 Å². The number of piperazine rings is 1. The van der Waals surface area contributed by atoms with Crippen LogP contribution in [0.1, 0.15) is 13.3 Å². The Morgan fingerprint density at radius 2 is 2.13 bits per heavy atom. The highest BCUT2D eigenvalue weighted by atomic mass is 16.5. The lowest BCUT2D eigenvalue weighted by molar-refractivity contribution is -0.142. The molecule has 0 spiro atoms. The Kier molecular flexibility index (Phi) is 5.28. The van der Waals surface area contributed by atoms with Crippen LogP contribution in [-0.4, -0.2) is 55.9 Å². The lowest BCUT2D eigenvalue weighted by atomic mass is 10.3. The number of nitrogens with one attached hydrogen (secondary N) is 2. The van der Waals surface area contributed by atoms with Gasteiger partial charge in [0.2, 0.25) is 0 Å². The van der Waals surface area contributed by atoms with Crippen LogP contribution in [0.25, 0.3) is 0 Å². The van der Waals surface area contributed by atoms with E-state index >= 15 is 0 Å². The van der Waals surface area contributed by atoms with Crippen molar-refractivity contribution in [2.24, 2.45) is 0 Å². The van der Waals surface area contributed by atoms with Gasteiger partial charge in [0.15, 0.2) is 0 Å². The molecule has 0 unspecified atom stereocenters. The van der Waals surface area contributed by atoms with E-state index in [2.05, 4.69) is 10.2 Å². The summed E-state index contributed by atoms with van der Waals surface area (Å²) in [6.07, 6.45) is 0.113. The van der Waals surface area contributed by atoms with Gasteiger partial charge < -0.3 is 15.5 Å². The Labute approximate surface area is 90.3 Å². The molecule has 0 saturated carbocycles. The molecule has 2 N–H and O–H groups in total. The Hall–Kier alpha value is -0.940. The summed E-state index contributed by atoms with van der Waals surface area (Å²) in [5.41, 5.74) is 0.349. The average molecular weight is 213 g/mol. The van der Waals surface area contributed by atoms with Gasteiger partial charge in [-0.25, -0.2) is 0 Å². The second kappa shape index (κ2) is 6.53. The first kappa shape index (κ1) is 12.1. The molecule has 1 fully saturated rings. The molecule has 0 aromatic rings. The minimum Gasteiger partial charge on any atom is -0.464 e. The summed E-state index contributed by atoms with van der Waals surface area (Å²) in [5.74, 6) is -0.294. The van der Waals surface area contributed by atoms with Crippen LogP contribution in [0.4, 0.5) is 0 Å². The van der Waals surface area contributed by atoms with Crippen LogP contribution in [0.5, 0.6) is 0 Å². The first-order valence-corrected chi connectivity index (χ1v) is 5.31. The van der Waals surface area contributed by atoms with Crippen molar-refractivity contribution in [3.05, 3.63) is 0 Å². The molecule has 1 aliphatic heterocycles. The van der Waals surface area contributed by atoms with Crippen molar-refractivity contribution in [3.63, 3.8) is 0 Å². The van der Waals surface area contributed by atoms with Gasteiger partial charge >= 0.3 is 5.97 Å². The van der Waals surface area contributed by atoms with E-state index in [9.17, 15) is 4.79 Å². The summed E-state index contributed by atoms with van der Waals surface area (Å²) in [7, 11) is 0. The highest BCUT2D eigenvalue weighted by Crippen LogP contribution is 1.93. The maximum atomic E-state index is 11.1. The van der Waals surface area contributed by atoms with Crippen LogP contribution in [0.3, 0.4) is 0 Å². The molecule has 0 amide bonds. The van der Waals surface area contributed by atoms with E-state index in [-0.39, 0.29) is 12.4 Å². The lowest BCUT2D eigenvalue weighted by Gasteiger charge is -2.26. The third-order valence-corrected chi connectivity index (χ3v) is 2.29. The summed E-state index contributed by atoms with van der Waals surface area (Å²) in [6, 6.07) is 0. The summed E-state index contributed by atoms with van der Waals surface area (Å²) in [5, 5.41) is 10.4. The molecule has 5 heteroatoms. The van der Waals surface area contributed by atoms with Gasteiger partial charge in [0.05, 0.1) is 6.42 Å². The van der Waals surface area contributed by atoms with Crippen LogP contribution in [0, 0.1) is 5.41 Å².